The van der Waals surface area contributed by atoms with Gasteiger partial charge in [0.2, 0.25) is 0 Å². The minimum atomic E-state index is -2.19. The van der Waals surface area contributed by atoms with Crippen molar-refractivity contribution >= 4 is 20.4 Å². The van der Waals surface area contributed by atoms with E-state index in [9.17, 15) is 14.7 Å². The van der Waals surface area contributed by atoms with Crippen molar-refractivity contribution in [2.24, 2.45) is 0 Å². The first-order valence-corrected chi connectivity index (χ1v) is 11.5. The van der Waals surface area contributed by atoms with Crippen molar-refractivity contribution in [2.75, 3.05) is 7.11 Å². The van der Waals surface area contributed by atoms with E-state index in [1.54, 1.807) is 20.8 Å². The first-order valence-electron chi connectivity index (χ1n) is 8.56. The Bertz CT molecular complexity index is 508. The number of rotatable bonds is 3. The summed E-state index contributed by atoms with van der Waals surface area (Å²) >= 11 is 0. The molecule has 0 aromatic rings. The van der Waals surface area contributed by atoms with Crippen LogP contribution in [0.5, 0.6) is 0 Å². The first kappa shape index (κ1) is 21.9. The number of hydrogen-bond donors (Lipinski definition) is 1. The standard InChI is InChI=1S/C17H33NO6Si/c1-16(2,3)23-15(21)18-11(14(20)22-7)10-12(13(18)19)24-25(8,9)17(4,5)6/h11-13,19H,10H2,1-9H3. The van der Waals surface area contributed by atoms with E-state index in [1.165, 1.54) is 7.11 Å². The van der Waals surface area contributed by atoms with Crippen LogP contribution in [0.2, 0.25) is 18.1 Å². The Hall–Kier alpha value is -1.12. The quantitative estimate of drug-likeness (QED) is 0.603. The van der Waals surface area contributed by atoms with Crippen molar-refractivity contribution in [1.29, 1.82) is 0 Å². The summed E-state index contributed by atoms with van der Waals surface area (Å²) in [6.45, 7) is 15.6. The highest BCUT2D eigenvalue weighted by molar-refractivity contribution is 6.74. The van der Waals surface area contributed by atoms with Gasteiger partial charge in [0, 0.05) is 6.42 Å². The van der Waals surface area contributed by atoms with Crippen LogP contribution in [-0.2, 0) is 18.7 Å². The third-order valence-electron chi connectivity index (χ3n) is 4.74. The Labute approximate surface area is 151 Å². The van der Waals surface area contributed by atoms with Gasteiger partial charge in [-0.15, -0.1) is 0 Å². The van der Waals surface area contributed by atoms with E-state index >= 15 is 0 Å². The number of amides is 1. The Morgan fingerprint density at radius 2 is 1.64 bits per heavy atom. The van der Waals surface area contributed by atoms with Crippen LogP contribution in [0.15, 0.2) is 0 Å². The van der Waals surface area contributed by atoms with Gasteiger partial charge in [-0.1, -0.05) is 20.8 Å². The largest absolute Gasteiger partial charge is 0.467 e. The molecule has 1 aliphatic rings. The molecule has 1 N–H and O–H groups in total. The maximum atomic E-state index is 12.5. The second-order valence-electron chi connectivity index (χ2n) is 8.99. The molecule has 3 atom stereocenters. The summed E-state index contributed by atoms with van der Waals surface area (Å²) < 4.78 is 16.4. The van der Waals surface area contributed by atoms with Crippen LogP contribution in [0.4, 0.5) is 4.79 Å². The van der Waals surface area contributed by atoms with Crippen LogP contribution in [0.1, 0.15) is 48.0 Å². The van der Waals surface area contributed by atoms with Gasteiger partial charge in [-0.2, -0.15) is 0 Å². The zero-order valence-corrected chi connectivity index (χ0v) is 17.9. The van der Waals surface area contributed by atoms with Gasteiger partial charge in [0.1, 0.15) is 11.6 Å². The van der Waals surface area contributed by atoms with Crippen LogP contribution in [0, 0.1) is 0 Å². The summed E-state index contributed by atoms with van der Waals surface area (Å²) in [5, 5.41) is 10.6. The predicted octanol–water partition coefficient (Wildman–Crippen LogP) is 2.88. The smallest absolute Gasteiger partial charge is 0.413 e. The van der Waals surface area contributed by atoms with Crippen molar-refractivity contribution in [1.82, 2.24) is 4.90 Å². The fraction of sp³-hybridized carbons (Fsp3) is 0.882. The summed E-state index contributed by atoms with van der Waals surface area (Å²) in [7, 11) is -0.934. The summed E-state index contributed by atoms with van der Waals surface area (Å²) in [6, 6.07) is -0.926. The highest BCUT2D eigenvalue weighted by Gasteiger charge is 2.52. The van der Waals surface area contributed by atoms with E-state index in [0.29, 0.717) is 0 Å². The second-order valence-corrected chi connectivity index (χ2v) is 13.7. The number of esters is 1. The molecule has 7 nitrogen and oxygen atoms in total. The van der Waals surface area contributed by atoms with E-state index in [2.05, 4.69) is 33.9 Å². The summed E-state index contributed by atoms with van der Waals surface area (Å²) in [6.07, 6.45) is -2.48. The second kappa shape index (κ2) is 7.24. The highest BCUT2D eigenvalue weighted by atomic mass is 28.4. The molecule has 0 aliphatic carbocycles. The molecule has 1 aliphatic heterocycles. The predicted molar refractivity (Wildman–Crippen MR) is 96.6 cm³/mol. The molecule has 3 unspecified atom stereocenters. The fourth-order valence-electron chi connectivity index (χ4n) is 2.38. The molecule has 0 radical (unpaired) electrons. The van der Waals surface area contributed by atoms with Gasteiger partial charge in [0.25, 0.3) is 0 Å². The molecule has 1 amide bonds. The third-order valence-corrected chi connectivity index (χ3v) is 9.24. The van der Waals surface area contributed by atoms with Crippen molar-refractivity contribution in [3.8, 4) is 0 Å². The number of aliphatic hydroxyl groups excluding tert-OH is 1. The Kier molecular flexibility index (Phi) is 6.35. The van der Waals surface area contributed by atoms with Gasteiger partial charge < -0.3 is 19.0 Å². The van der Waals surface area contributed by atoms with E-state index in [0.717, 1.165) is 4.90 Å². The summed E-state index contributed by atoms with van der Waals surface area (Å²) in [5.74, 6) is -0.591. The minimum Gasteiger partial charge on any atom is -0.467 e. The van der Waals surface area contributed by atoms with Gasteiger partial charge in [-0.3, -0.25) is 4.90 Å². The first-order chi connectivity index (χ1) is 11.1. The van der Waals surface area contributed by atoms with Crippen molar-refractivity contribution in [3.05, 3.63) is 0 Å². The number of methoxy groups -OCH3 is 1. The molecule has 0 bridgehead atoms. The van der Waals surface area contributed by atoms with Crippen LogP contribution < -0.4 is 0 Å². The lowest BCUT2D eigenvalue weighted by Crippen LogP contribution is -2.50. The van der Waals surface area contributed by atoms with Gasteiger partial charge in [0.15, 0.2) is 14.5 Å². The van der Waals surface area contributed by atoms with Crippen LogP contribution >= 0.6 is 0 Å². The number of hydrogen-bond acceptors (Lipinski definition) is 6. The van der Waals surface area contributed by atoms with Crippen molar-refractivity contribution in [3.63, 3.8) is 0 Å². The highest BCUT2D eigenvalue weighted by Crippen LogP contribution is 2.40. The molecule has 1 heterocycles. The molecule has 0 spiro atoms. The number of ether oxygens (including phenoxy) is 2. The summed E-state index contributed by atoms with van der Waals surface area (Å²) in [4.78, 5) is 25.7. The topological polar surface area (TPSA) is 85.3 Å². The van der Waals surface area contributed by atoms with Crippen molar-refractivity contribution < 1.29 is 28.6 Å². The van der Waals surface area contributed by atoms with E-state index < -0.39 is 44.4 Å². The Balaban J connectivity index is 3.07. The van der Waals surface area contributed by atoms with Gasteiger partial charge in [-0.05, 0) is 38.9 Å². The molecular formula is C17H33NO6Si. The zero-order chi connectivity index (χ0) is 19.8. The van der Waals surface area contributed by atoms with E-state index in [1.807, 2.05) is 0 Å². The van der Waals surface area contributed by atoms with Gasteiger partial charge in [-0.25, -0.2) is 9.59 Å². The molecule has 0 saturated carbocycles. The van der Waals surface area contributed by atoms with Crippen LogP contribution in [0.25, 0.3) is 0 Å². The minimum absolute atomic E-state index is 0.0627. The average Bonchev–Trinajstić information content (AvgIpc) is 2.71. The number of aliphatic hydroxyl groups is 1. The lowest BCUT2D eigenvalue weighted by Gasteiger charge is -2.39. The Morgan fingerprint density at radius 1 is 1.12 bits per heavy atom. The Morgan fingerprint density at radius 3 is 2.04 bits per heavy atom. The molecule has 1 saturated heterocycles. The molecule has 0 aromatic carbocycles. The number of likely N-dealkylation sites (tertiary alicyclic amines) is 1. The van der Waals surface area contributed by atoms with E-state index in [-0.39, 0.29) is 11.5 Å². The molecule has 146 valence electrons. The van der Waals surface area contributed by atoms with Crippen LogP contribution in [0.3, 0.4) is 0 Å². The molecule has 25 heavy (non-hydrogen) atoms. The lowest BCUT2D eigenvalue weighted by atomic mass is 10.2. The zero-order valence-electron chi connectivity index (χ0n) is 16.9. The molecule has 1 rings (SSSR count). The number of carbonyl (C=O) groups is 2. The lowest BCUT2D eigenvalue weighted by molar-refractivity contribution is -0.148. The summed E-state index contributed by atoms with van der Waals surface area (Å²) in [5.41, 5.74) is -0.740. The SMILES string of the molecule is COC(=O)C1CC(O[Si](C)(C)C(C)(C)C)C(O)N1C(=O)OC(C)(C)C. The van der Waals surface area contributed by atoms with Gasteiger partial charge in [0.05, 0.1) is 13.2 Å². The molecule has 1 fully saturated rings. The van der Waals surface area contributed by atoms with E-state index in [4.69, 9.17) is 13.9 Å². The third kappa shape index (κ3) is 5.18. The van der Waals surface area contributed by atoms with Gasteiger partial charge >= 0.3 is 12.1 Å². The average molecular weight is 376 g/mol. The monoisotopic (exact) mass is 375 g/mol. The maximum absolute atomic E-state index is 12.5. The fourth-order valence-corrected chi connectivity index (χ4v) is 3.71. The number of carbonyl (C=O) groups excluding carboxylic acids is 2. The molecule has 0 aromatic heterocycles. The molecular weight excluding hydrogens is 342 g/mol. The normalized spacial score (nSPS) is 25.0. The maximum Gasteiger partial charge on any atom is 0.413 e. The van der Waals surface area contributed by atoms with Crippen LogP contribution in [-0.4, -0.2) is 61.5 Å². The van der Waals surface area contributed by atoms with Crippen molar-refractivity contribution in [2.45, 2.75) is 90.1 Å². The number of nitrogens with zero attached hydrogens (tertiary/aromatic N) is 1. The molecule has 8 heteroatoms.